The summed E-state index contributed by atoms with van der Waals surface area (Å²) in [6.07, 6.45) is 3.44. The van der Waals surface area contributed by atoms with Crippen molar-refractivity contribution in [1.29, 1.82) is 0 Å². The van der Waals surface area contributed by atoms with E-state index in [-0.39, 0.29) is 16.6 Å². The highest BCUT2D eigenvalue weighted by Crippen LogP contribution is 2.34. The number of aliphatic carboxylic acids is 1. The number of carboxylic acid groups (broad SMARTS) is 1. The Kier molecular flexibility index (Phi) is 7.78. The van der Waals surface area contributed by atoms with E-state index >= 15 is 0 Å². The third-order valence-electron chi connectivity index (χ3n) is 4.75. The van der Waals surface area contributed by atoms with Crippen molar-refractivity contribution < 1.29 is 19.1 Å². The van der Waals surface area contributed by atoms with E-state index in [1.165, 1.54) is 41.9 Å². The van der Waals surface area contributed by atoms with Crippen molar-refractivity contribution in [3.63, 3.8) is 0 Å². The molecule has 0 radical (unpaired) electrons. The molecular weight excluding hydrogens is 511 g/mol. The molecule has 1 unspecified atom stereocenters. The van der Waals surface area contributed by atoms with Gasteiger partial charge in [0.25, 0.3) is 5.91 Å². The van der Waals surface area contributed by atoms with Gasteiger partial charge in [-0.25, -0.2) is 14.4 Å². The number of aryl methyl sites for hydroxylation is 1. The molecule has 180 valence electrons. The van der Waals surface area contributed by atoms with Crippen molar-refractivity contribution in [1.82, 2.24) is 24.7 Å². The number of benzene rings is 1. The molecule has 0 aliphatic rings. The SMILES string of the molecule is CCC(C(=O)O)c1cnc(NC(=O)c2nc(Sc3nncn3C)ccc2Sc2ccc(F)cc2)s1. The van der Waals surface area contributed by atoms with Gasteiger partial charge in [0.1, 0.15) is 22.9 Å². The van der Waals surface area contributed by atoms with Crippen LogP contribution < -0.4 is 5.32 Å². The fourth-order valence-corrected chi connectivity index (χ4v) is 5.60. The molecule has 0 aliphatic heterocycles. The van der Waals surface area contributed by atoms with Crippen LogP contribution in [-0.4, -0.2) is 41.7 Å². The molecule has 0 aliphatic carbocycles. The van der Waals surface area contributed by atoms with Crippen LogP contribution in [0.15, 0.2) is 68.9 Å². The summed E-state index contributed by atoms with van der Waals surface area (Å²) >= 11 is 3.63. The van der Waals surface area contributed by atoms with Crippen LogP contribution in [0.1, 0.15) is 34.6 Å². The normalized spacial score (nSPS) is 11.9. The molecule has 3 heterocycles. The number of hydrogen-bond acceptors (Lipinski definition) is 9. The van der Waals surface area contributed by atoms with E-state index in [0.717, 1.165) is 16.2 Å². The van der Waals surface area contributed by atoms with Gasteiger partial charge in [-0.15, -0.1) is 21.5 Å². The Bertz CT molecular complexity index is 1360. The van der Waals surface area contributed by atoms with Crippen molar-refractivity contribution in [2.24, 2.45) is 7.05 Å². The largest absolute Gasteiger partial charge is 0.481 e. The lowest BCUT2D eigenvalue weighted by molar-refractivity contribution is -0.138. The molecule has 4 aromatic rings. The maximum atomic E-state index is 13.3. The number of pyridine rings is 1. The summed E-state index contributed by atoms with van der Waals surface area (Å²) in [7, 11) is 1.80. The molecule has 0 spiro atoms. The van der Waals surface area contributed by atoms with Crippen LogP contribution in [0.2, 0.25) is 0 Å². The van der Waals surface area contributed by atoms with E-state index in [0.29, 0.717) is 26.4 Å². The number of nitrogens with one attached hydrogen (secondary N) is 1. The molecule has 0 fully saturated rings. The number of thiazole rings is 1. The highest BCUT2D eigenvalue weighted by Gasteiger charge is 2.22. The molecule has 0 saturated heterocycles. The molecule has 0 saturated carbocycles. The summed E-state index contributed by atoms with van der Waals surface area (Å²) in [5.41, 5.74) is 0.147. The zero-order valence-corrected chi connectivity index (χ0v) is 21.0. The second kappa shape index (κ2) is 11.0. The Morgan fingerprint density at radius 3 is 2.63 bits per heavy atom. The minimum Gasteiger partial charge on any atom is -0.481 e. The van der Waals surface area contributed by atoms with Gasteiger partial charge in [0.05, 0.1) is 5.92 Å². The number of carbonyl (C=O) groups is 2. The van der Waals surface area contributed by atoms with Crippen molar-refractivity contribution in [3.05, 3.63) is 65.3 Å². The lowest BCUT2D eigenvalue weighted by Crippen LogP contribution is -2.15. The molecule has 3 aromatic heterocycles. The van der Waals surface area contributed by atoms with E-state index in [1.807, 2.05) is 0 Å². The van der Waals surface area contributed by atoms with Crippen LogP contribution in [0.25, 0.3) is 0 Å². The van der Waals surface area contributed by atoms with Crippen LogP contribution in [0.4, 0.5) is 9.52 Å². The van der Waals surface area contributed by atoms with Crippen LogP contribution in [-0.2, 0) is 11.8 Å². The van der Waals surface area contributed by atoms with E-state index in [1.54, 1.807) is 49.1 Å². The first-order chi connectivity index (χ1) is 16.8. The number of carboxylic acids is 1. The zero-order valence-electron chi connectivity index (χ0n) is 18.5. The summed E-state index contributed by atoms with van der Waals surface area (Å²) < 4.78 is 15.1. The number of carbonyl (C=O) groups excluding carboxylic acids is 1. The number of anilines is 1. The molecule has 4 rings (SSSR count). The fraction of sp³-hybridized carbons (Fsp3) is 0.182. The second-order valence-electron chi connectivity index (χ2n) is 7.20. The Labute approximate surface area is 212 Å². The van der Waals surface area contributed by atoms with Gasteiger partial charge in [0.2, 0.25) is 0 Å². The topological polar surface area (TPSA) is 123 Å². The van der Waals surface area contributed by atoms with Gasteiger partial charge in [-0.3, -0.25) is 14.9 Å². The predicted molar refractivity (Wildman–Crippen MR) is 131 cm³/mol. The third-order valence-corrected chi connectivity index (χ3v) is 7.82. The quantitative estimate of drug-likeness (QED) is 0.310. The molecule has 9 nitrogen and oxygen atoms in total. The molecule has 1 aromatic carbocycles. The van der Waals surface area contributed by atoms with Gasteiger partial charge < -0.3 is 9.67 Å². The van der Waals surface area contributed by atoms with Gasteiger partial charge in [-0.1, -0.05) is 18.7 Å². The average Bonchev–Trinajstić information content (AvgIpc) is 3.45. The van der Waals surface area contributed by atoms with Crippen LogP contribution in [0.3, 0.4) is 0 Å². The monoisotopic (exact) mass is 530 g/mol. The highest BCUT2D eigenvalue weighted by atomic mass is 32.2. The van der Waals surface area contributed by atoms with Gasteiger partial charge in [-0.2, -0.15) is 0 Å². The van der Waals surface area contributed by atoms with Crippen molar-refractivity contribution in [2.45, 2.75) is 39.2 Å². The molecule has 0 bridgehead atoms. The van der Waals surface area contributed by atoms with Gasteiger partial charge in [0.15, 0.2) is 10.3 Å². The first kappa shape index (κ1) is 24.8. The standard InChI is InChI=1S/C22H19FN6O3S3/c1-3-14(20(31)32)16-10-24-21(34-16)27-19(30)18-15(33-13-6-4-12(23)5-7-13)8-9-17(26-18)35-22-28-25-11-29(22)2/h4-11,14H,3H2,1-2H3,(H,31,32)(H,24,27,30). The van der Waals surface area contributed by atoms with Crippen LogP contribution >= 0.6 is 34.9 Å². The third kappa shape index (κ3) is 6.05. The van der Waals surface area contributed by atoms with Gasteiger partial charge >= 0.3 is 5.97 Å². The first-order valence-electron chi connectivity index (χ1n) is 10.3. The lowest BCUT2D eigenvalue weighted by Gasteiger charge is -2.10. The fourth-order valence-electron chi connectivity index (χ4n) is 2.98. The molecule has 35 heavy (non-hydrogen) atoms. The van der Waals surface area contributed by atoms with E-state index in [9.17, 15) is 19.1 Å². The summed E-state index contributed by atoms with van der Waals surface area (Å²) in [4.78, 5) is 35.3. The number of nitrogens with zero attached hydrogens (tertiary/aromatic N) is 5. The summed E-state index contributed by atoms with van der Waals surface area (Å²) in [6.45, 7) is 1.78. The Morgan fingerprint density at radius 2 is 1.97 bits per heavy atom. The number of rotatable bonds is 9. The second-order valence-corrected chi connectivity index (χ2v) is 10.4. The molecule has 1 atom stereocenters. The summed E-state index contributed by atoms with van der Waals surface area (Å²) in [5, 5.41) is 21.4. The first-order valence-corrected chi connectivity index (χ1v) is 12.7. The Morgan fingerprint density at radius 1 is 1.20 bits per heavy atom. The number of aromatic nitrogens is 5. The van der Waals surface area contributed by atoms with Crippen LogP contribution in [0, 0.1) is 5.82 Å². The average molecular weight is 531 g/mol. The minimum absolute atomic E-state index is 0.147. The van der Waals surface area contributed by atoms with Crippen molar-refractivity contribution in [3.8, 4) is 0 Å². The lowest BCUT2D eigenvalue weighted by atomic mass is 10.1. The maximum absolute atomic E-state index is 13.3. The van der Waals surface area contributed by atoms with Crippen molar-refractivity contribution in [2.75, 3.05) is 5.32 Å². The number of amides is 1. The predicted octanol–water partition coefficient (Wildman–Crippen LogP) is 4.94. The highest BCUT2D eigenvalue weighted by molar-refractivity contribution is 7.99. The Hall–Kier alpha value is -3.29. The van der Waals surface area contributed by atoms with E-state index in [4.69, 9.17) is 0 Å². The number of hydrogen-bond donors (Lipinski definition) is 2. The Balaban J connectivity index is 1.62. The van der Waals surface area contributed by atoms with Crippen LogP contribution in [0.5, 0.6) is 0 Å². The van der Waals surface area contributed by atoms with E-state index < -0.39 is 17.8 Å². The summed E-state index contributed by atoms with van der Waals surface area (Å²) in [6, 6.07) is 9.46. The van der Waals surface area contributed by atoms with Crippen molar-refractivity contribution >= 4 is 51.9 Å². The summed E-state index contributed by atoms with van der Waals surface area (Å²) in [5.74, 6) is -2.49. The maximum Gasteiger partial charge on any atom is 0.311 e. The zero-order chi connectivity index (χ0) is 24.9. The van der Waals surface area contributed by atoms with E-state index in [2.05, 4.69) is 25.5 Å². The van der Waals surface area contributed by atoms with Gasteiger partial charge in [-0.05, 0) is 54.6 Å². The van der Waals surface area contributed by atoms with Gasteiger partial charge in [0, 0.05) is 27.9 Å². The smallest absolute Gasteiger partial charge is 0.311 e. The number of halogens is 1. The molecular formula is C22H19FN6O3S3. The molecule has 2 N–H and O–H groups in total. The minimum atomic E-state index is -0.942. The molecule has 13 heteroatoms. The molecule has 1 amide bonds.